The second-order valence-electron chi connectivity index (χ2n) is 5.88. The SMILES string of the molecule is Cc1cc(Br)ccc1NC(=O)C[NH+](C)CC(=O)NCC(=O)N(C)C. The van der Waals surface area contributed by atoms with Gasteiger partial charge in [-0.15, -0.1) is 0 Å². The molecular formula is C16H24BrN4O3+. The van der Waals surface area contributed by atoms with Crippen LogP contribution in [0.2, 0.25) is 0 Å². The van der Waals surface area contributed by atoms with E-state index in [1.807, 2.05) is 25.1 Å². The fourth-order valence-corrected chi connectivity index (χ4v) is 2.44. The van der Waals surface area contributed by atoms with Crippen LogP contribution in [0, 0.1) is 6.92 Å². The number of quaternary nitrogens is 1. The Labute approximate surface area is 150 Å². The number of anilines is 1. The largest absolute Gasteiger partial charge is 0.347 e. The molecule has 0 radical (unpaired) electrons. The summed E-state index contributed by atoms with van der Waals surface area (Å²) in [7, 11) is 5.00. The number of amides is 3. The van der Waals surface area contributed by atoms with Crippen LogP contribution in [0.1, 0.15) is 5.56 Å². The van der Waals surface area contributed by atoms with Crippen LogP contribution in [0.3, 0.4) is 0 Å². The molecule has 0 aromatic heterocycles. The molecule has 1 unspecified atom stereocenters. The predicted molar refractivity (Wildman–Crippen MR) is 95.8 cm³/mol. The summed E-state index contributed by atoms with van der Waals surface area (Å²) in [5.74, 6) is -0.616. The van der Waals surface area contributed by atoms with E-state index in [1.165, 1.54) is 4.90 Å². The molecule has 0 fully saturated rings. The van der Waals surface area contributed by atoms with Gasteiger partial charge in [0.1, 0.15) is 0 Å². The molecule has 7 nitrogen and oxygen atoms in total. The number of nitrogens with one attached hydrogen (secondary N) is 3. The van der Waals surface area contributed by atoms with Crippen LogP contribution in [0.25, 0.3) is 0 Å². The molecule has 3 amide bonds. The van der Waals surface area contributed by atoms with Gasteiger partial charge in [0.05, 0.1) is 13.6 Å². The van der Waals surface area contributed by atoms with Crippen LogP contribution in [0.5, 0.6) is 0 Å². The Morgan fingerprint density at radius 2 is 1.79 bits per heavy atom. The third kappa shape index (κ3) is 7.10. The summed E-state index contributed by atoms with van der Waals surface area (Å²) in [6, 6.07) is 5.60. The monoisotopic (exact) mass is 399 g/mol. The van der Waals surface area contributed by atoms with Gasteiger partial charge in [-0.1, -0.05) is 15.9 Å². The minimum atomic E-state index is -0.268. The van der Waals surface area contributed by atoms with Crippen LogP contribution in [-0.2, 0) is 14.4 Å². The van der Waals surface area contributed by atoms with E-state index in [1.54, 1.807) is 21.1 Å². The normalized spacial score (nSPS) is 11.5. The summed E-state index contributed by atoms with van der Waals surface area (Å²) in [5, 5.41) is 5.38. The number of carbonyl (C=O) groups is 3. The van der Waals surface area contributed by atoms with Crippen molar-refractivity contribution in [2.75, 3.05) is 46.1 Å². The highest BCUT2D eigenvalue weighted by Gasteiger charge is 2.15. The van der Waals surface area contributed by atoms with E-state index < -0.39 is 0 Å². The summed E-state index contributed by atoms with van der Waals surface area (Å²) in [5.41, 5.74) is 1.70. The predicted octanol–water partition coefficient (Wildman–Crippen LogP) is -0.585. The lowest BCUT2D eigenvalue weighted by Crippen LogP contribution is -3.11. The van der Waals surface area contributed by atoms with Crippen LogP contribution in [0.15, 0.2) is 22.7 Å². The Balaban J connectivity index is 2.41. The maximum Gasteiger partial charge on any atom is 0.279 e. The van der Waals surface area contributed by atoms with Crippen LogP contribution in [0.4, 0.5) is 5.69 Å². The summed E-state index contributed by atoms with van der Waals surface area (Å²) in [6.45, 7) is 2.15. The van der Waals surface area contributed by atoms with Crippen molar-refractivity contribution in [2.45, 2.75) is 6.92 Å². The zero-order valence-electron chi connectivity index (χ0n) is 14.4. The van der Waals surface area contributed by atoms with Gasteiger partial charge in [-0.2, -0.15) is 0 Å². The maximum absolute atomic E-state index is 12.1. The van der Waals surface area contributed by atoms with Crippen molar-refractivity contribution in [3.63, 3.8) is 0 Å². The second kappa shape index (κ2) is 9.39. The Morgan fingerprint density at radius 3 is 2.38 bits per heavy atom. The molecule has 0 bridgehead atoms. The van der Waals surface area contributed by atoms with Crippen molar-refractivity contribution < 1.29 is 19.3 Å². The summed E-state index contributed by atoms with van der Waals surface area (Å²) in [4.78, 5) is 37.4. The smallest absolute Gasteiger partial charge is 0.279 e. The van der Waals surface area contributed by atoms with E-state index in [0.717, 1.165) is 20.6 Å². The molecule has 0 aliphatic carbocycles. The first-order chi connectivity index (χ1) is 11.2. The number of nitrogens with zero attached hydrogens (tertiary/aromatic N) is 1. The molecule has 132 valence electrons. The number of likely N-dealkylation sites (N-methyl/N-ethyl adjacent to an activating group) is 2. The maximum atomic E-state index is 12.1. The lowest BCUT2D eigenvalue weighted by molar-refractivity contribution is -0.862. The van der Waals surface area contributed by atoms with E-state index in [9.17, 15) is 14.4 Å². The molecule has 0 saturated heterocycles. The fourth-order valence-electron chi connectivity index (χ4n) is 1.97. The van der Waals surface area contributed by atoms with Gasteiger partial charge in [-0.25, -0.2) is 0 Å². The number of carbonyl (C=O) groups excluding carboxylic acids is 3. The van der Waals surface area contributed by atoms with Gasteiger partial charge in [-0.3, -0.25) is 14.4 Å². The Kier molecular flexibility index (Phi) is 7.87. The minimum absolute atomic E-state index is 0.0383. The highest BCUT2D eigenvalue weighted by molar-refractivity contribution is 9.10. The molecule has 1 atom stereocenters. The standard InChI is InChI=1S/C16H23BrN4O3/c1-11-7-12(17)5-6-13(11)19-15(23)10-21(4)9-14(22)18-8-16(24)20(2)3/h5-7H,8-10H2,1-4H3,(H,18,22)(H,19,23)/p+1. The number of benzene rings is 1. The zero-order valence-corrected chi connectivity index (χ0v) is 16.0. The molecule has 1 aromatic rings. The van der Waals surface area contributed by atoms with Gasteiger partial charge in [0.25, 0.3) is 11.8 Å². The van der Waals surface area contributed by atoms with E-state index in [-0.39, 0.29) is 37.4 Å². The molecule has 0 spiro atoms. The first kappa shape index (κ1) is 20.1. The number of aryl methyl sites for hydroxylation is 1. The highest BCUT2D eigenvalue weighted by Crippen LogP contribution is 2.19. The molecule has 0 aliphatic rings. The minimum Gasteiger partial charge on any atom is -0.347 e. The zero-order chi connectivity index (χ0) is 18.3. The van der Waals surface area contributed by atoms with E-state index >= 15 is 0 Å². The van der Waals surface area contributed by atoms with Crippen molar-refractivity contribution in [2.24, 2.45) is 0 Å². The molecule has 3 N–H and O–H groups in total. The molecule has 1 rings (SSSR count). The van der Waals surface area contributed by atoms with E-state index in [0.29, 0.717) is 0 Å². The van der Waals surface area contributed by atoms with Gasteiger partial charge in [0, 0.05) is 24.3 Å². The second-order valence-corrected chi connectivity index (χ2v) is 6.80. The average molecular weight is 400 g/mol. The van der Waals surface area contributed by atoms with Gasteiger partial charge in [-0.05, 0) is 30.7 Å². The molecular weight excluding hydrogens is 376 g/mol. The van der Waals surface area contributed by atoms with Gasteiger partial charge in [0.15, 0.2) is 13.1 Å². The fraction of sp³-hybridized carbons (Fsp3) is 0.438. The van der Waals surface area contributed by atoms with Gasteiger partial charge >= 0.3 is 0 Å². The summed E-state index contributed by atoms with van der Waals surface area (Å²) in [6.07, 6.45) is 0. The number of hydrogen-bond acceptors (Lipinski definition) is 3. The Bertz CT molecular complexity index is 619. The van der Waals surface area contributed by atoms with Gasteiger partial charge < -0.3 is 20.4 Å². The molecule has 24 heavy (non-hydrogen) atoms. The number of hydrogen-bond donors (Lipinski definition) is 3. The van der Waals surface area contributed by atoms with Crippen molar-refractivity contribution in [1.29, 1.82) is 0 Å². The molecule has 0 heterocycles. The van der Waals surface area contributed by atoms with Gasteiger partial charge in [0.2, 0.25) is 5.91 Å². The van der Waals surface area contributed by atoms with Crippen molar-refractivity contribution in [1.82, 2.24) is 10.2 Å². The number of halogens is 1. The Hall–Kier alpha value is -1.93. The van der Waals surface area contributed by atoms with Crippen molar-refractivity contribution >= 4 is 39.3 Å². The lowest BCUT2D eigenvalue weighted by Gasteiger charge is -2.15. The van der Waals surface area contributed by atoms with Crippen LogP contribution < -0.4 is 15.5 Å². The third-order valence-corrected chi connectivity index (χ3v) is 3.82. The molecule has 0 aliphatic heterocycles. The highest BCUT2D eigenvalue weighted by atomic mass is 79.9. The summed E-state index contributed by atoms with van der Waals surface area (Å²) >= 11 is 3.38. The Morgan fingerprint density at radius 1 is 1.17 bits per heavy atom. The average Bonchev–Trinajstić information content (AvgIpc) is 2.47. The van der Waals surface area contributed by atoms with Crippen molar-refractivity contribution in [3.8, 4) is 0 Å². The van der Waals surface area contributed by atoms with Crippen LogP contribution in [-0.4, -0.2) is 63.4 Å². The topological polar surface area (TPSA) is 83.0 Å². The van der Waals surface area contributed by atoms with Crippen molar-refractivity contribution in [3.05, 3.63) is 28.2 Å². The number of rotatable bonds is 7. The first-order valence-corrected chi connectivity index (χ1v) is 8.32. The van der Waals surface area contributed by atoms with E-state index in [2.05, 4.69) is 26.6 Å². The first-order valence-electron chi connectivity index (χ1n) is 7.53. The van der Waals surface area contributed by atoms with Crippen LogP contribution >= 0.6 is 15.9 Å². The lowest BCUT2D eigenvalue weighted by atomic mass is 10.2. The molecule has 0 saturated carbocycles. The summed E-state index contributed by atoms with van der Waals surface area (Å²) < 4.78 is 0.949. The van der Waals surface area contributed by atoms with E-state index in [4.69, 9.17) is 0 Å². The third-order valence-electron chi connectivity index (χ3n) is 3.32. The molecule has 1 aromatic carbocycles. The molecule has 8 heteroatoms. The quantitative estimate of drug-likeness (QED) is 0.573.